The van der Waals surface area contributed by atoms with Crippen LogP contribution in [0.4, 0.5) is 0 Å². The smallest absolute Gasteiger partial charge is 0.378 e. The fraction of sp³-hybridized carbons (Fsp3) is 0.0714. The minimum Gasteiger partial charge on any atom is -0.475 e. The van der Waals surface area contributed by atoms with Gasteiger partial charge in [0.15, 0.2) is 0 Å². The SMILES string of the molecule is Cn1c(C#N)cc(-c2ccccc2)c1C(=O)C(=O)O. The van der Waals surface area contributed by atoms with Crippen LogP contribution in [0, 0.1) is 11.3 Å². The Morgan fingerprint density at radius 2 is 1.89 bits per heavy atom. The van der Waals surface area contributed by atoms with Crippen molar-refractivity contribution in [2.45, 2.75) is 0 Å². The topological polar surface area (TPSA) is 83.1 Å². The van der Waals surface area contributed by atoms with Gasteiger partial charge in [0.1, 0.15) is 17.5 Å². The number of nitriles is 1. The van der Waals surface area contributed by atoms with Crippen molar-refractivity contribution in [3.05, 3.63) is 47.8 Å². The molecule has 1 aromatic heterocycles. The maximum Gasteiger partial charge on any atom is 0.378 e. The van der Waals surface area contributed by atoms with E-state index in [4.69, 9.17) is 10.4 Å². The maximum absolute atomic E-state index is 11.8. The van der Waals surface area contributed by atoms with Crippen LogP contribution in [0.25, 0.3) is 11.1 Å². The molecule has 1 aromatic carbocycles. The van der Waals surface area contributed by atoms with E-state index in [-0.39, 0.29) is 11.4 Å². The fourth-order valence-electron chi connectivity index (χ4n) is 1.92. The number of benzene rings is 1. The summed E-state index contributed by atoms with van der Waals surface area (Å²) in [7, 11) is 1.50. The van der Waals surface area contributed by atoms with E-state index in [1.54, 1.807) is 24.3 Å². The summed E-state index contributed by atoms with van der Waals surface area (Å²) in [6.07, 6.45) is 0. The van der Waals surface area contributed by atoms with Crippen LogP contribution in [0.15, 0.2) is 36.4 Å². The molecule has 1 N–H and O–H groups in total. The van der Waals surface area contributed by atoms with Crippen LogP contribution < -0.4 is 0 Å². The summed E-state index contributed by atoms with van der Waals surface area (Å²) in [6.45, 7) is 0. The molecule has 0 amide bonds. The zero-order chi connectivity index (χ0) is 14.0. The lowest BCUT2D eigenvalue weighted by Gasteiger charge is -2.04. The third kappa shape index (κ3) is 2.11. The van der Waals surface area contributed by atoms with E-state index in [1.807, 2.05) is 12.1 Å². The monoisotopic (exact) mass is 254 g/mol. The van der Waals surface area contributed by atoms with Crippen LogP contribution in [-0.2, 0) is 11.8 Å². The third-order valence-electron chi connectivity index (χ3n) is 2.84. The molecule has 0 saturated heterocycles. The zero-order valence-electron chi connectivity index (χ0n) is 10.1. The first-order chi connectivity index (χ1) is 9.06. The van der Waals surface area contributed by atoms with Crippen LogP contribution in [-0.4, -0.2) is 21.4 Å². The predicted octanol–water partition coefficient (Wildman–Crippen LogP) is 1.83. The van der Waals surface area contributed by atoms with Crippen molar-refractivity contribution in [1.29, 1.82) is 5.26 Å². The second kappa shape index (κ2) is 4.78. The maximum atomic E-state index is 11.8. The first-order valence-electron chi connectivity index (χ1n) is 5.49. The molecule has 19 heavy (non-hydrogen) atoms. The highest BCUT2D eigenvalue weighted by molar-refractivity contribution is 6.40. The Morgan fingerprint density at radius 1 is 1.26 bits per heavy atom. The Morgan fingerprint density at radius 3 is 2.42 bits per heavy atom. The van der Waals surface area contributed by atoms with Crippen LogP contribution in [0.3, 0.4) is 0 Å². The molecule has 5 heteroatoms. The Balaban J connectivity index is 2.71. The Labute approximate surface area is 109 Å². The summed E-state index contributed by atoms with van der Waals surface area (Å²) in [5.74, 6) is -2.56. The number of carbonyl (C=O) groups is 2. The van der Waals surface area contributed by atoms with Gasteiger partial charge in [-0.25, -0.2) is 4.79 Å². The molecule has 0 fully saturated rings. The predicted molar refractivity (Wildman–Crippen MR) is 67.5 cm³/mol. The van der Waals surface area contributed by atoms with Crippen molar-refractivity contribution in [2.24, 2.45) is 7.05 Å². The average Bonchev–Trinajstić information content (AvgIpc) is 2.75. The van der Waals surface area contributed by atoms with Gasteiger partial charge in [0, 0.05) is 12.6 Å². The van der Waals surface area contributed by atoms with Gasteiger partial charge < -0.3 is 9.67 Å². The molecular weight excluding hydrogens is 244 g/mol. The number of ketones is 1. The molecule has 0 unspecified atom stereocenters. The summed E-state index contributed by atoms with van der Waals surface area (Å²) < 4.78 is 1.30. The lowest BCUT2D eigenvalue weighted by atomic mass is 10.0. The van der Waals surface area contributed by atoms with Crippen molar-refractivity contribution in [3.8, 4) is 17.2 Å². The number of aliphatic carboxylic acids is 1. The lowest BCUT2D eigenvalue weighted by molar-refractivity contribution is -0.131. The van der Waals surface area contributed by atoms with Gasteiger partial charge in [-0.3, -0.25) is 4.79 Å². The van der Waals surface area contributed by atoms with Crippen LogP contribution in [0.2, 0.25) is 0 Å². The molecule has 2 rings (SSSR count). The number of hydrogen-bond acceptors (Lipinski definition) is 3. The molecule has 2 aromatic rings. The van der Waals surface area contributed by atoms with E-state index in [1.165, 1.54) is 17.7 Å². The molecule has 0 spiro atoms. The van der Waals surface area contributed by atoms with E-state index in [0.29, 0.717) is 11.1 Å². The van der Waals surface area contributed by atoms with Crippen molar-refractivity contribution in [3.63, 3.8) is 0 Å². The Kier molecular flexibility index (Phi) is 3.17. The summed E-state index contributed by atoms with van der Waals surface area (Å²) in [5.41, 5.74) is 1.40. The molecule has 94 valence electrons. The van der Waals surface area contributed by atoms with Gasteiger partial charge >= 0.3 is 5.97 Å². The molecule has 0 saturated carbocycles. The highest BCUT2D eigenvalue weighted by Gasteiger charge is 2.25. The van der Waals surface area contributed by atoms with E-state index >= 15 is 0 Å². The second-order valence-corrected chi connectivity index (χ2v) is 3.96. The molecule has 0 bridgehead atoms. The van der Waals surface area contributed by atoms with Gasteiger partial charge in [-0.05, 0) is 11.6 Å². The normalized spacial score (nSPS) is 9.89. The van der Waals surface area contributed by atoms with Crippen LogP contribution in [0.5, 0.6) is 0 Å². The molecule has 0 aliphatic rings. The second-order valence-electron chi connectivity index (χ2n) is 3.96. The summed E-state index contributed by atoms with van der Waals surface area (Å²) in [6, 6.07) is 12.4. The molecule has 0 radical (unpaired) electrons. The number of carbonyl (C=O) groups excluding carboxylic acids is 1. The molecule has 5 nitrogen and oxygen atoms in total. The Bertz CT molecular complexity index is 693. The first-order valence-corrected chi connectivity index (χ1v) is 5.49. The van der Waals surface area contributed by atoms with E-state index in [9.17, 15) is 9.59 Å². The average molecular weight is 254 g/mol. The number of nitrogens with zero attached hydrogens (tertiary/aromatic N) is 2. The Hall–Kier alpha value is -2.87. The summed E-state index contributed by atoms with van der Waals surface area (Å²) >= 11 is 0. The van der Waals surface area contributed by atoms with Crippen LogP contribution in [0.1, 0.15) is 16.2 Å². The number of carboxylic acid groups (broad SMARTS) is 1. The number of carboxylic acids is 1. The van der Waals surface area contributed by atoms with E-state index in [2.05, 4.69) is 0 Å². The minimum absolute atomic E-state index is 0.00949. The van der Waals surface area contributed by atoms with Gasteiger partial charge in [0.2, 0.25) is 0 Å². The van der Waals surface area contributed by atoms with Crippen molar-refractivity contribution >= 4 is 11.8 Å². The molecule has 0 atom stereocenters. The van der Waals surface area contributed by atoms with Gasteiger partial charge in [0.05, 0.1) is 0 Å². The van der Waals surface area contributed by atoms with Gasteiger partial charge in [-0.2, -0.15) is 5.26 Å². The highest BCUT2D eigenvalue weighted by Crippen LogP contribution is 2.27. The fourth-order valence-corrected chi connectivity index (χ4v) is 1.92. The van der Waals surface area contributed by atoms with Crippen LogP contribution >= 0.6 is 0 Å². The first kappa shape index (κ1) is 12.6. The van der Waals surface area contributed by atoms with E-state index < -0.39 is 11.8 Å². The third-order valence-corrected chi connectivity index (χ3v) is 2.84. The van der Waals surface area contributed by atoms with Gasteiger partial charge in [0.25, 0.3) is 5.78 Å². The van der Waals surface area contributed by atoms with Crippen molar-refractivity contribution in [1.82, 2.24) is 4.57 Å². The van der Waals surface area contributed by atoms with E-state index in [0.717, 1.165) is 0 Å². The summed E-state index contributed by atoms with van der Waals surface area (Å²) in [5, 5.41) is 17.9. The zero-order valence-corrected chi connectivity index (χ0v) is 10.1. The molecule has 0 aliphatic carbocycles. The van der Waals surface area contributed by atoms with Crippen molar-refractivity contribution in [2.75, 3.05) is 0 Å². The molecular formula is C14H10N2O3. The highest BCUT2D eigenvalue weighted by atomic mass is 16.4. The molecule has 0 aliphatic heterocycles. The number of Topliss-reactive ketones (excluding diaryl/α,β-unsaturated/α-hetero) is 1. The number of aromatic nitrogens is 1. The summed E-state index contributed by atoms with van der Waals surface area (Å²) in [4.78, 5) is 22.6. The molecule has 1 heterocycles. The number of hydrogen-bond donors (Lipinski definition) is 1. The quantitative estimate of drug-likeness (QED) is 0.669. The largest absolute Gasteiger partial charge is 0.475 e. The van der Waals surface area contributed by atoms with Gasteiger partial charge in [-0.15, -0.1) is 0 Å². The van der Waals surface area contributed by atoms with Crippen molar-refractivity contribution < 1.29 is 14.7 Å². The van der Waals surface area contributed by atoms with Gasteiger partial charge in [-0.1, -0.05) is 30.3 Å². The standard InChI is InChI=1S/C14H10N2O3/c1-16-10(8-15)7-11(9-5-3-2-4-6-9)12(16)13(17)14(18)19/h2-7H,1H3,(H,18,19). The minimum atomic E-state index is -1.54. The lowest BCUT2D eigenvalue weighted by Crippen LogP contribution is -2.17. The number of rotatable bonds is 3.